The fraction of sp³-hybridized carbons (Fsp3) is 0. The molecule has 0 saturated carbocycles. The van der Waals surface area contributed by atoms with Gasteiger partial charge in [-0.2, -0.15) is 0 Å². The molecule has 2 aromatic rings. The van der Waals surface area contributed by atoms with E-state index in [1.54, 1.807) is 6.07 Å². The number of rotatable bonds is 0. The van der Waals surface area contributed by atoms with E-state index in [0.29, 0.717) is 21.3 Å². The van der Waals surface area contributed by atoms with Crippen LogP contribution >= 0.6 is 23.2 Å². The molecule has 0 saturated heterocycles. The molecule has 0 radical (unpaired) electrons. The number of nitrogens with zero attached hydrogens (tertiary/aromatic N) is 3. The normalized spacial score (nSPS) is 10.7. The van der Waals surface area contributed by atoms with Crippen molar-refractivity contribution in [3.63, 3.8) is 0 Å². The third-order valence-electron chi connectivity index (χ3n) is 1.16. The van der Waals surface area contributed by atoms with Crippen molar-refractivity contribution in [2.45, 2.75) is 0 Å². The summed E-state index contributed by atoms with van der Waals surface area (Å²) >= 11 is 11.4. The van der Waals surface area contributed by atoms with E-state index in [1.807, 2.05) is 0 Å². The Balaban J connectivity index is 2.91. The van der Waals surface area contributed by atoms with E-state index in [-0.39, 0.29) is 15.0 Å². The minimum atomic E-state index is -0.0936. The monoisotopic (exact) mass is 253 g/mol. The van der Waals surface area contributed by atoms with E-state index in [4.69, 9.17) is 23.2 Å². The summed E-state index contributed by atoms with van der Waals surface area (Å²) in [5.41, 5.74) is 1.25. The molecule has 0 spiro atoms. The van der Waals surface area contributed by atoms with Crippen LogP contribution < -0.4 is 0 Å². The maximum absolute atomic E-state index is 5.81. The number of pyridine rings is 1. The van der Waals surface area contributed by atoms with E-state index < -0.39 is 0 Å². The Hall–Kier alpha value is -0.151. The second kappa shape index (κ2) is 2.72. The third kappa shape index (κ3) is 1.27. The number of halogens is 2. The summed E-state index contributed by atoms with van der Waals surface area (Å²) in [5.74, 6) is 0. The average Bonchev–Trinajstić information content (AvgIpc) is 2.34. The van der Waals surface area contributed by atoms with Crippen molar-refractivity contribution in [3.05, 3.63) is 16.2 Å². The predicted octanol–water partition coefficient (Wildman–Crippen LogP) is 1.39. The Labute approximate surface area is 78.6 Å². The van der Waals surface area contributed by atoms with Gasteiger partial charge in [-0.15, -0.1) is 0 Å². The molecule has 6 heteroatoms. The SMILES string of the molecule is Clc1cc(Cl)c2n[se]nc2n1. The minimum absolute atomic E-state index is 0.0936. The van der Waals surface area contributed by atoms with Crippen LogP contribution in [0, 0.1) is 0 Å². The summed E-state index contributed by atoms with van der Waals surface area (Å²) in [4.78, 5) is 3.95. The van der Waals surface area contributed by atoms with Crippen LogP contribution in [0.5, 0.6) is 0 Å². The van der Waals surface area contributed by atoms with Gasteiger partial charge < -0.3 is 0 Å². The summed E-state index contributed by atoms with van der Waals surface area (Å²) in [6.07, 6.45) is 0. The third-order valence-corrected chi connectivity index (χ3v) is 2.73. The number of hydrogen-bond acceptors (Lipinski definition) is 3. The summed E-state index contributed by atoms with van der Waals surface area (Å²) < 4.78 is 8.12. The van der Waals surface area contributed by atoms with Gasteiger partial charge in [-0.25, -0.2) is 0 Å². The molecule has 2 rings (SSSR count). The molecule has 11 heavy (non-hydrogen) atoms. The van der Waals surface area contributed by atoms with E-state index in [0.717, 1.165) is 0 Å². The fourth-order valence-corrected chi connectivity index (χ4v) is 2.37. The quantitative estimate of drug-likeness (QED) is 0.526. The second-order valence-electron chi connectivity index (χ2n) is 1.86. The molecule has 56 valence electrons. The zero-order valence-electron chi connectivity index (χ0n) is 5.08. The van der Waals surface area contributed by atoms with Gasteiger partial charge in [-0.05, 0) is 0 Å². The molecule has 2 heterocycles. The van der Waals surface area contributed by atoms with Gasteiger partial charge in [0.05, 0.1) is 0 Å². The molecule has 0 N–H and O–H groups in total. The van der Waals surface area contributed by atoms with Gasteiger partial charge in [0.25, 0.3) is 0 Å². The summed E-state index contributed by atoms with van der Waals surface area (Å²) in [6.45, 7) is 0. The zero-order valence-corrected chi connectivity index (χ0v) is 8.31. The van der Waals surface area contributed by atoms with Gasteiger partial charge >= 0.3 is 78.5 Å². The van der Waals surface area contributed by atoms with Crippen molar-refractivity contribution in [2.24, 2.45) is 0 Å². The second-order valence-corrected chi connectivity index (χ2v) is 3.77. The van der Waals surface area contributed by atoms with Crippen LogP contribution in [0.1, 0.15) is 0 Å². The summed E-state index contributed by atoms with van der Waals surface area (Å²) in [6, 6.07) is 1.57. The molecule has 0 aliphatic heterocycles. The first-order chi connectivity index (χ1) is 5.27. The molecule has 3 nitrogen and oxygen atoms in total. The van der Waals surface area contributed by atoms with Gasteiger partial charge in [0.1, 0.15) is 0 Å². The van der Waals surface area contributed by atoms with Crippen LogP contribution in [-0.4, -0.2) is 27.9 Å². The van der Waals surface area contributed by atoms with Crippen molar-refractivity contribution in [3.8, 4) is 0 Å². The van der Waals surface area contributed by atoms with Crippen LogP contribution in [0.3, 0.4) is 0 Å². The first-order valence-corrected chi connectivity index (χ1v) is 5.00. The van der Waals surface area contributed by atoms with Crippen LogP contribution in [0.15, 0.2) is 6.07 Å². The van der Waals surface area contributed by atoms with Gasteiger partial charge in [-0.1, -0.05) is 0 Å². The molecule has 0 atom stereocenters. The Morgan fingerprint density at radius 3 is 2.91 bits per heavy atom. The molecule has 0 amide bonds. The Morgan fingerprint density at radius 2 is 2.09 bits per heavy atom. The van der Waals surface area contributed by atoms with Gasteiger partial charge in [0, 0.05) is 0 Å². The Bertz CT molecular complexity index is 400. The van der Waals surface area contributed by atoms with Crippen molar-refractivity contribution in [2.75, 3.05) is 0 Å². The molecule has 0 aliphatic rings. The topological polar surface area (TPSA) is 38.7 Å². The van der Waals surface area contributed by atoms with Crippen LogP contribution in [0.2, 0.25) is 10.2 Å². The zero-order chi connectivity index (χ0) is 7.84. The average molecular weight is 253 g/mol. The van der Waals surface area contributed by atoms with E-state index in [2.05, 4.69) is 12.9 Å². The van der Waals surface area contributed by atoms with Crippen LogP contribution in [-0.2, 0) is 0 Å². The summed E-state index contributed by atoms with van der Waals surface area (Å²) in [7, 11) is 0. The molecular weight excluding hydrogens is 252 g/mol. The molecular formula is C5HCl2N3Se. The van der Waals surface area contributed by atoms with E-state index >= 15 is 0 Å². The fourth-order valence-electron chi connectivity index (χ4n) is 0.714. The molecule has 0 fully saturated rings. The van der Waals surface area contributed by atoms with Gasteiger partial charge in [0.15, 0.2) is 0 Å². The van der Waals surface area contributed by atoms with Gasteiger partial charge in [0.2, 0.25) is 0 Å². The van der Waals surface area contributed by atoms with Crippen molar-refractivity contribution in [1.29, 1.82) is 0 Å². The molecule has 0 aliphatic carbocycles. The molecule has 0 unspecified atom stereocenters. The first-order valence-electron chi connectivity index (χ1n) is 2.71. The summed E-state index contributed by atoms with van der Waals surface area (Å²) in [5, 5.41) is 0.897. The van der Waals surface area contributed by atoms with E-state index in [1.165, 1.54) is 0 Å². The van der Waals surface area contributed by atoms with Crippen molar-refractivity contribution >= 4 is 49.3 Å². The molecule has 0 bridgehead atoms. The van der Waals surface area contributed by atoms with Crippen LogP contribution in [0.25, 0.3) is 11.2 Å². The Morgan fingerprint density at radius 1 is 1.27 bits per heavy atom. The van der Waals surface area contributed by atoms with Crippen LogP contribution in [0.4, 0.5) is 0 Å². The van der Waals surface area contributed by atoms with E-state index in [9.17, 15) is 0 Å². The van der Waals surface area contributed by atoms with Gasteiger partial charge in [-0.3, -0.25) is 0 Å². The number of fused-ring (bicyclic) bond motifs is 1. The van der Waals surface area contributed by atoms with Crippen molar-refractivity contribution < 1.29 is 0 Å². The van der Waals surface area contributed by atoms with Crippen molar-refractivity contribution in [1.82, 2.24) is 12.9 Å². The first kappa shape index (κ1) is 7.50. The number of aromatic nitrogens is 3. The number of hydrogen-bond donors (Lipinski definition) is 0. The predicted molar refractivity (Wildman–Crippen MR) is 44.3 cm³/mol. The standard InChI is InChI=1S/C5HCl2N3Se/c6-2-1-3(7)8-5-4(2)9-11-10-5/h1H. The Kier molecular flexibility index (Phi) is 1.85. The molecule has 2 aromatic heterocycles. The molecule has 0 aromatic carbocycles. The maximum atomic E-state index is 5.81.